The van der Waals surface area contributed by atoms with E-state index in [0.717, 1.165) is 16.1 Å². The van der Waals surface area contributed by atoms with Gasteiger partial charge in [-0.1, -0.05) is 12.1 Å². The maximum atomic E-state index is 12.7. The number of thiazole rings is 1. The van der Waals surface area contributed by atoms with Crippen molar-refractivity contribution in [1.29, 1.82) is 0 Å². The summed E-state index contributed by atoms with van der Waals surface area (Å²) < 4.78 is 12.7. The Morgan fingerprint density at radius 2 is 2.00 bits per heavy atom. The molecule has 0 amide bonds. The second kappa shape index (κ2) is 3.98. The Kier molecular flexibility index (Phi) is 2.68. The Bertz CT molecular complexity index is 462. The largest absolute Gasteiger partial charge is 0.375 e. The molecule has 0 aliphatic rings. The second-order valence-corrected chi connectivity index (χ2v) is 4.59. The molecule has 78 valence electrons. The molecule has 0 atom stereocenters. The van der Waals surface area contributed by atoms with E-state index in [2.05, 4.69) is 4.98 Å². The average molecular weight is 222 g/mol. The summed E-state index contributed by atoms with van der Waals surface area (Å²) in [5.41, 5.74) is 7.63. The molecule has 0 fully saturated rings. The van der Waals surface area contributed by atoms with E-state index in [4.69, 9.17) is 5.73 Å². The molecule has 4 heteroatoms. The van der Waals surface area contributed by atoms with E-state index in [1.165, 1.54) is 23.5 Å². The van der Waals surface area contributed by atoms with Crippen LogP contribution in [0.3, 0.4) is 0 Å². The van der Waals surface area contributed by atoms with Crippen LogP contribution in [-0.4, -0.2) is 4.98 Å². The Hall–Kier alpha value is -1.42. The third kappa shape index (κ3) is 2.33. The normalized spacial score (nSPS) is 10.5. The highest BCUT2D eigenvalue weighted by Crippen LogP contribution is 2.21. The summed E-state index contributed by atoms with van der Waals surface area (Å²) in [6.45, 7) is 1.99. The first kappa shape index (κ1) is 10.1. The van der Waals surface area contributed by atoms with Crippen molar-refractivity contribution in [3.8, 4) is 0 Å². The number of aryl methyl sites for hydroxylation is 1. The van der Waals surface area contributed by atoms with Crippen LogP contribution in [-0.2, 0) is 6.42 Å². The molecule has 0 aliphatic carbocycles. The lowest BCUT2D eigenvalue weighted by Gasteiger charge is -1.99. The van der Waals surface area contributed by atoms with Crippen LogP contribution in [0.25, 0.3) is 0 Å². The fraction of sp³-hybridized carbons (Fsp3) is 0.182. The van der Waals surface area contributed by atoms with Crippen LogP contribution in [0.15, 0.2) is 24.3 Å². The maximum Gasteiger partial charge on any atom is 0.180 e. The van der Waals surface area contributed by atoms with Gasteiger partial charge in [-0.25, -0.2) is 9.37 Å². The van der Waals surface area contributed by atoms with Gasteiger partial charge in [0.05, 0.1) is 5.69 Å². The van der Waals surface area contributed by atoms with Gasteiger partial charge >= 0.3 is 0 Å². The standard InChI is InChI=1S/C11H11FN2S/c1-7-10(14-11(13)15-7)6-8-2-4-9(12)5-3-8/h2-5H,6H2,1H3,(H2,13,14). The van der Waals surface area contributed by atoms with Crippen LogP contribution in [0.5, 0.6) is 0 Å². The molecule has 0 saturated carbocycles. The summed E-state index contributed by atoms with van der Waals surface area (Å²) in [6, 6.07) is 6.45. The first-order valence-corrected chi connectivity index (χ1v) is 5.43. The van der Waals surface area contributed by atoms with Gasteiger partial charge in [0.25, 0.3) is 0 Å². The molecule has 0 radical (unpaired) electrons. The summed E-state index contributed by atoms with van der Waals surface area (Å²) in [7, 11) is 0. The lowest BCUT2D eigenvalue weighted by molar-refractivity contribution is 0.627. The van der Waals surface area contributed by atoms with Crippen LogP contribution in [0.4, 0.5) is 9.52 Å². The van der Waals surface area contributed by atoms with Crippen LogP contribution in [0.1, 0.15) is 16.1 Å². The average Bonchev–Trinajstić information content (AvgIpc) is 2.49. The van der Waals surface area contributed by atoms with Gasteiger partial charge < -0.3 is 5.73 Å². The first-order valence-electron chi connectivity index (χ1n) is 4.61. The number of benzene rings is 1. The van der Waals surface area contributed by atoms with E-state index in [-0.39, 0.29) is 5.82 Å². The van der Waals surface area contributed by atoms with Crippen molar-refractivity contribution < 1.29 is 4.39 Å². The topological polar surface area (TPSA) is 38.9 Å². The van der Waals surface area contributed by atoms with Gasteiger partial charge in [-0.3, -0.25) is 0 Å². The zero-order valence-electron chi connectivity index (χ0n) is 8.33. The highest BCUT2D eigenvalue weighted by molar-refractivity contribution is 7.15. The third-order valence-electron chi connectivity index (χ3n) is 2.19. The minimum atomic E-state index is -0.215. The number of halogens is 1. The molecular formula is C11H11FN2S. The first-order chi connectivity index (χ1) is 7.15. The molecule has 2 nitrogen and oxygen atoms in total. The van der Waals surface area contributed by atoms with E-state index < -0.39 is 0 Å². The molecule has 2 aromatic rings. The van der Waals surface area contributed by atoms with Gasteiger partial charge in [0.15, 0.2) is 5.13 Å². The summed E-state index contributed by atoms with van der Waals surface area (Å²) in [6.07, 6.45) is 0.708. The number of aromatic nitrogens is 1. The van der Waals surface area contributed by atoms with Crippen LogP contribution in [0, 0.1) is 12.7 Å². The quantitative estimate of drug-likeness (QED) is 0.848. The summed E-state index contributed by atoms with van der Waals surface area (Å²) >= 11 is 1.48. The van der Waals surface area contributed by atoms with E-state index >= 15 is 0 Å². The van der Waals surface area contributed by atoms with Gasteiger partial charge in [0.1, 0.15) is 5.82 Å². The monoisotopic (exact) mass is 222 g/mol. The summed E-state index contributed by atoms with van der Waals surface area (Å²) in [5, 5.41) is 0.588. The molecule has 0 aliphatic heterocycles. The van der Waals surface area contributed by atoms with Gasteiger partial charge in [-0.15, -0.1) is 11.3 Å². The van der Waals surface area contributed by atoms with Gasteiger partial charge in [-0.05, 0) is 24.6 Å². The fourth-order valence-electron chi connectivity index (χ4n) is 1.41. The van der Waals surface area contributed by atoms with E-state index in [1.807, 2.05) is 6.92 Å². The zero-order valence-corrected chi connectivity index (χ0v) is 9.14. The maximum absolute atomic E-state index is 12.7. The number of nitrogens with zero attached hydrogens (tertiary/aromatic N) is 1. The Labute approximate surface area is 91.6 Å². The van der Waals surface area contributed by atoms with Crippen molar-refractivity contribution in [2.75, 3.05) is 5.73 Å². The fourth-order valence-corrected chi connectivity index (χ4v) is 2.12. The highest BCUT2D eigenvalue weighted by Gasteiger charge is 2.06. The molecule has 0 unspecified atom stereocenters. The SMILES string of the molecule is Cc1sc(N)nc1Cc1ccc(F)cc1. The van der Waals surface area contributed by atoms with E-state index in [1.54, 1.807) is 12.1 Å². The third-order valence-corrected chi connectivity index (χ3v) is 3.04. The van der Waals surface area contributed by atoms with Crippen molar-refractivity contribution in [3.05, 3.63) is 46.2 Å². The number of nitrogen functional groups attached to an aromatic ring is 1. The number of nitrogens with two attached hydrogens (primary N) is 1. The molecule has 1 aromatic carbocycles. The van der Waals surface area contributed by atoms with Gasteiger partial charge in [0, 0.05) is 11.3 Å². The van der Waals surface area contributed by atoms with Crippen LogP contribution >= 0.6 is 11.3 Å². The lowest BCUT2D eigenvalue weighted by Crippen LogP contribution is -1.91. The smallest absolute Gasteiger partial charge is 0.180 e. The van der Waals surface area contributed by atoms with Crippen molar-refractivity contribution in [2.24, 2.45) is 0 Å². The molecule has 2 rings (SSSR count). The van der Waals surface area contributed by atoms with Crippen molar-refractivity contribution in [1.82, 2.24) is 4.98 Å². The Balaban J connectivity index is 2.21. The van der Waals surface area contributed by atoms with Crippen LogP contribution in [0.2, 0.25) is 0 Å². The zero-order chi connectivity index (χ0) is 10.8. The molecule has 0 spiro atoms. The second-order valence-electron chi connectivity index (χ2n) is 3.36. The van der Waals surface area contributed by atoms with Gasteiger partial charge in [0.2, 0.25) is 0 Å². The predicted molar refractivity (Wildman–Crippen MR) is 60.5 cm³/mol. The Morgan fingerprint density at radius 1 is 1.33 bits per heavy atom. The van der Waals surface area contributed by atoms with Crippen LogP contribution < -0.4 is 5.73 Å². The molecule has 0 saturated heterocycles. The summed E-state index contributed by atoms with van der Waals surface area (Å²) in [4.78, 5) is 5.35. The van der Waals surface area contributed by atoms with Gasteiger partial charge in [-0.2, -0.15) is 0 Å². The van der Waals surface area contributed by atoms with E-state index in [0.29, 0.717) is 11.6 Å². The minimum absolute atomic E-state index is 0.215. The number of anilines is 1. The molecule has 1 aromatic heterocycles. The van der Waals surface area contributed by atoms with Crippen molar-refractivity contribution in [2.45, 2.75) is 13.3 Å². The molecule has 2 N–H and O–H groups in total. The van der Waals surface area contributed by atoms with E-state index in [9.17, 15) is 4.39 Å². The summed E-state index contributed by atoms with van der Waals surface area (Å²) in [5.74, 6) is -0.215. The molecular weight excluding hydrogens is 211 g/mol. The Morgan fingerprint density at radius 3 is 2.53 bits per heavy atom. The number of hydrogen-bond acceptors (Lipinski definition) is 3. The van der Waals surface area contributed by atoms with Crippen molar-refractivity contribution in [3.63, 3.8) is 0 Å². The minimum Gasteiger partial charge on any atom is -0.375 e. The molecule has 1 heterocycles. The number of rotatable bonds is 2. The predicted octanol–water partition coefficient (Wildman–Crippen LogP) is 2.76. The number of hydrogen-bond donors (Lipinski definition) is 1. The highest BCUT2D eigenvalue weighted by atomic mass is 32.1. The molecule has 0 bridgehead atoms. The van der Waals surface area contributed by atoms with Crippen molar-refractivity contribution >= 4 is 16.5 Å². The molecule has 15 heavy (non-hydrogen) atoms. The lowest BCUT2D eigenvalue weighted by atomic mass is 10.1.